The van der Waals surface area contributed by atoms with E-state index in [1.807, 2.05) is 0 Å². The summed E-state index contributed by atoms with van der Waals surface area (Å²) in [5, 5.41) is 2.87. The lowest BCUT2D eigenvalue weighted by atomic mass is 9.77. The van der Waals surface area contributed by atoms with E-state index in [4.69, 9.17) is 18.9 Å². The van der Waals surface area contributed by atoms with Crippen LogP contribution in [-0.2, 0) is 14.3 Å². The van der Waals surface area contributed by atoms with E-state index in [2.05, 4.69) is 5.32 Å². The van der Waals surface area contributed by atoms with E-state index in [0.717, 1.165) is 0 Å². The van der Waals surface area contributed by atoms with Gasteiger partial charge in [-0.3, -0.25) is 14.4 Å². The largest absolute Gasteiger partial charge is 0.497 e. The smallest absolute Gasteiger partial charge is 0.312 e. The van der Waals surface area contributed by atoms with Crippen molar-refractivity contribution >= 4 is 23.5 Å². The molecular formula is C25H26N2O7. The van der Waals surface area contributed by atoms with Gasteiger partial charge in [-0.05, 0) is 50.2 Å². The number of ether oxygens (including phenoxy) is 4. The molecular weight excluding hydrogens is 440 g/mol. The predicted molar refractivity (Wildman–Crippen MR) is 121 cm³/mol. The third kappa shape index (κ3) is 2.96. The number of carbonyl (C=O) groups excluding carboxylic acids is 3. The fraction of sp³-hybridized carbons (Fsp3) is 0.400. The third-order valence-electron chi connectivity index (χ3n) is 7.11. The highest BCUT2D eigenvalue weighted by Gasteiger charge is 2.67. The van der Waals surface area contributed by atoms with E-state index in [1.54, 1.807) is 57.4 Å². The standard InChI is InChI=1S/C25H26N2O7/c1-5-33-23(29)20-17-12-34-19-9-7-14(32-4)11-16(19)21(17)27-22(28)15-10-13(31-3)6-8-18(15)26-24(30)25(20,27)2/h6-11,17,20-21H,5,12H2,1-4H3,(H,26,30)/t17-,20-,21+,25-/m1/s1. The predicted octanol–water partition coefficient (Wildman–Crippen LogP) is 2.80. The van der Waals surface area contributed by atoms with Gasteiger partial charge < -0.3 is 29.2 Å². The van der Waals surface area contributed by atoms with E-state index in [0.29, 0.717) is 28.5 Å². The first kappa shape index (κ1) is 22.1. The highest BCUT2D eigenvalue weighted by Crippen LogP contribution is 2.57. The number of fused-ring (bicyclic) bond motifs is 6. The van der Waals surface area contributed by atoms with Gasteiger partial charge >= 0.3 is 5.97 Å². The van der Waals surface area contributed by atoms with Gasteiger partial charge in [0.1, 0.15) is 22.8 Å². The van der Waals surface area contributed by atoms with E-state index < -0.39 is 35.3 Å². The van der Waals surface area contributed by atoms with Crippen molar-refractivity contribution < 1.29 is 33.3 Å². The number of methoxy groups -OCH3 is 2. The molecule has 4 atom stereocenters. The Kier molecular flexibility index (Phi) is 5.15. The van der Waals surface area contributed by atoms with Gasteiger partial charge in [-0.2, -0.15) is 0 Å². The number of nitrogens with one attached hydrogen (secondary N) is 1. The summed E-state index contributed by atoms with van der Waals surface area (Å²) in [6, 6.07) is 9.64. The molecule has 9 nitrogen and oxygen atoms in total. The molecule has 3 aliphatic rings. The lowest BCUT2D eigenvalue weighted by Gasteiger charge is -2.38. The van der Waals surface area contributed by atoms with Gasteiger partial charge in [0.05, 0.1) is 50.6 Å². The topological polar surface area (TPSA) is 103 Å². The van der Waals surface area contributed by atoms with Crippen LogP contribution in [0.25, 0.3) is 0 Å². The lowest BCUT2D eigenvalue weighted by Crippen LogP contribution is -2.57. The van der Waals surface area contributed by atoms with Gasteiger partial charge in [-0.25, -0.2) is 0 Å². The molecule has 1 N–H and O–H groups in total. The maximum atomic E-state index is 14.1. The third-order valence-corrected chi connectivity index (χ3v) is 7.11. The molecule has 3 aliphatic heterocycles. The molecule has 0 saturated carbocycles. The second kappa shape index (κ2) is 7.93. The summed E-state index contributed by atoms with van der Waals surface area (Å²) < 4.78 is 22.1. The molecule has 0 aliphatic carbocycles. The van der Waals surface area contributed by atoms with Crippen LogP contribution in [-0.4, -0.2) is 55.7 Å². The van der Waals surface area contributed by atoms with Crippen LogP contribution in [0, 0.1) is 11.8 Å². The first-order chi connectivity index (χ1) is 16.3. The molecule has 1 fully saturated rings. The summed E-state index contributed by atoms with van der Waals surface area (Å²) >= 11 is 0. The molecule has 3 heterocycles. The van der Waals surface area contributed by atoms with Crippen LogP contribution in [0.15, 0.2) is 36.4 Å². The van der Waals surface area contributed by atoms with Crippen molar-refractivity contribution in [2.75, 3.05) is 32.8 Å². The monoisotopic (exact) mass is 466 g/mol. The second-order valence-electron chi connectivity index (χ2n) is 8.74. The van der Waals surface area contributed by atoms with Crippen LogP contribution in [0.4, 0.5) is 5.69 Å². The number of benzene rings is 2. The Hall–Kier alpha value is -3.75. The number of hydrogen-bond donors (Lipinski definition) is 1. The summed E-state index contributed by atoms with van der Waals surface area (Å²) in [6.45, 7) is 3.65. The van der Waals surface area contributed by atoms with Gasteiger partial charge in [-0.15, -0.1) is 0 Å². The van der Waals surface area contributed by atoms with E-state index in [1.165, 1.54) is 12.0 Å². The summed E-state index contributed by atoms with van der Waals surface area (Å²) in [4.78, 5) is 42.7. The molecule has 0 bridgehead atoms. The zero-order valence-electron chi connectivity index (χ0n) is 19.4. The Morgan fingerprint density at radius 2 is 1.85 bits per heavy atom. The molecule has 2 aromatic rings. The molecule has 2 amide bonds. The Morgan fingerprint density at radius 3 is 2.56 bits per heavy atom. The van der Waals surface area contributed by atoms with Gasteiger partial charge in [0, 0.05) is 11.5 Å². The van der Waals surface area contributed by atoms with Crippen molar-refractivity contribution in [3.63, 3.8) is 0 Å². The van der Waals surface area contributed by atoms with Crippen LogP contribution in [0.1, 0.15) is 35.8 Å². The average Bonchev–Trinajstić information content (AvgIpc) is 3.09. The molecule has 178 valence electrons. The van der Waals surface area contributed by atoms with E-state index in [9.17, 15) is 14.4 Å². The first-order valence-electron chi connectivity index (χ1n) is 11.2. The number of esters is 1. The minimum absolute atomic E-state index is 0.154. The minimum Gasteiger partial charge on any atom is -0.497 e. The molecule has 34 heavy (non-hydrogen) atoms. The SMILES string of the molecule is CCOC(=O)[C@H]1[C@H]2COc3ccc(OC)cc3[C@@H]2N2C(=O)c3cc(OC)ccc3NC(=O)[C@@]12C. The van der Waals surface area contributed by atoms with Gasteiger partial charge in [0.2, 0.25) is 0 Å². The normalized spacial score (nSPS) is 26.7. The Labute approximate surface area is 196 Å². The Morgan fingerprint density at radius 1 is 1.15 bits per heavy atom. The highest BCUT2D eigenvalue weighted by atomic mass is 16.5. The number of anilines is 1. The summed E-state index contributed by atoms with van der Waals surface area (Å²) in [5.74, 6) is -1.16. The van der Waals surface area contributed by atoms with E-state index >= 15 is 0 Å². The lowest BCUT2D eigenvalue weighted by molar-refractivity contribution is -0.155. The Bertz CT molecular complexity index is 1200. The molecule has 9 heteroatoms. The van der Waals surface area contributed by atoms with Crippen LogP contribution in [0.3, 0.4) is 0 Å². The zero-order valence-corrected chi connectivity index (χ0v) is 19.4. The highest BCUT2D eigenvalue weighted by molar-refractivity contribution is 6.13. The van der Waals surface area contributed by atoms with Crippen molar-refractivity contribution in [1.82, 2.24) is 4.90 Å². The van der Waals surface area contributed by atoms with Gasteiger partial charge in [-0.1, -0.05) is 0 Å². The van der Waals surface area contributed by atoms with Crippen LogP contribution in [0.2, 0.25) is 0 Å². The van der Waals surface area contributed by atoms with Crippen LogP contribution < -0.4 is 19.5 Å². The molecule has 2 aromatic carbocycles. The number of nitrogens with zero attached hydrogens (tertiary/aromatic N) is 1. The van der Waals surface area contributed by atoms with Gasteiger partial charge in [0.25, 0.3) is 11.8 Å². The first-order valence-corrected chi connectivity index (χ1v) is 11.2. The number of carbonyl (C=O) groups is 3. The van der Waals surface area contributed by atoms with Crippen molar-refractivity contribution in [3.05, 3.63) is 47.5 Å². The fourth-order valence-corrected chi connectivity index (χ4v) is 5.53. The van der Waals surface area contributed by atoms with Crippen molar-refractivity contribution in [3.8, 4) is 17.2 Å². The quantitative estimate of drug-likeness (QED) is 0.691. The average molecular weight is 466 g/mol. The number of hydrogen-bond acceptors (Lipinski definition) is 7. The Balaban J connectivity index is 1.75. The van der Waals surface area contributed by atoms with Crippen molar-refractivity contribution in [2.24, 2.45) is 11.8 Å². The molecule has 0 unspecified atom stereocenters. The summed E-state index contributed by atoms with van der Waals surface area (Å²) in [5.41, 5.74) is -0.181. The molecule has 1 saturated heterocycles. The fourth-order valence-electron chi connectivity index (χ4n) is 5.53. The molecule has 0 spiro atoms. The van der Waals surface area contributed by atoms with Crippen LogP contribution in [0.5, 0.6) is 17.2 Å². The number of rotatable bonds is 4. The summed E-state index contributed by atoms with van der Waals surface area (Å²) in [6.07, 6.45) is 0. The second-order valence-corrected chi connectivity index (χ2v) is 8.74. The van der Waals surface area contributed by atoms with Crippen molar-refractivity contribution in [2.45, 2.75) is 25.4 Å². The molecule has 0 aromatic heterocycles. The maximum Gasteiger partial charge on any atom is 0.312 e. The summed E-state index contributed by atoms with van der Waals surface area (Å²) in [7, 11) is 3.06. The zero-order chi connectivity index (χ0) is 24.2. The van der Waals surface area contributed by atoms with E-state index in [-0.39, 0.29) is 24.7 Å². The van der Waals surface area contributed by atoms with Crippen molar-refractivity contribution in [1.29, 1.82) is 0 Å². The van der Waals surface area contributed by atoms with Gasteiger partial charge in [0.15, 0.2) is 0 Å². The molecule has 5 rings (SSSR count). The van der Waals surface area contributed by atoms with Crippen LogP contribution >= 0.6 is 0 Å². The minimum atomic E-state index is -1.51. The molecule has 0 radical (unpaired) electrons. The maximum absolute atomic E-state index is 14.1. The number of amides is 2.